The third-order valence-corrected chi connectivity index (χ3v) is 3.67. The van der Waals surface area contributed by atoms with Gasteiger partial charge in [0.05, 0.1) is 11.8 Å². The van der Waals surface area contributed by atoms with Crippen LogP contribution in [0.25, 0.3) is 0 Å². The van der Waals surface area contributed by atoms with E-state index >= 15 is 0 Å². The molecule has 2 rings (SSSR count). The van der Waals surface area contributed by atoms with Crippen LogP contribution in [0.2, 0.25) is 0 Å². The average Bonchev–Trinajstić information content (AvgIpc) is 3.19. The Morgan fingerprint density at radius 2 is 1.81 bits per heavy atom. The number of aliphatic hydroxyl groups excluding tert-OH is 1. The van der Waals surface area contributed by atoms with Crippen LogP contribution in [-0.2, 0) is 9.59 Å². The van der Waals surface area contributed by atoms with Crippen LogP contribution in [0.4, 0.5) is 0 Å². The summed E-state index contributed by atoms with van der Waals surface area (Å²) in [7, 11) is 2.69. The second kappa shape index (κ2) is 8.65. The number of nitrogens with one attached hydrogen (secondary N) is 1. The van der Waals surface area contributed by atoms with Gasteiger partial charge in [0, 0.05) is 25.2 Å². The first-order valence-corrected chi connectivity index (χ1v) is 7.74. The first kappa shape index (κ1) is 19.0. The molecule has 134 valence electrons. The summed E-state index contributed by atoms with van der Waals surface area (Å²) in [5.74, 6) is 3.90. The minimum absolute atomic E-state index is 0.293. The van der Waals surface area contributed by atoms with Gasteiger partial charge >= 0.3 is 0 Å². The zero-order valence-corrected chi connectivity index (χ0v) is 14.4. The Morgan fingerprint density at radius 3 is 2.35 bits per heavy atom. The molecule has 0 fully saturated rings. The fourth-order valence-electron chi connectivity index (χ4n) is 2.26. The van der Waals surface area contributed by atoms with Gasteiger partial charge in [0.15, 0.2) is 11.8 Å². The molecule has 1 aromatic carbocycles. The Labute approximate surface area is 150 Å². The predicted molar refractivity (Wildman–Crippen MR) is 93.2 cm³/mol. The van der Waals surface area contributed by atoms with Gasteiger partial charge in [-0.1, -0.05) is 11.8 Å². The maximum Gasteiger partial charge on any atom is 0.254 e. The van der Waals surface area contributed by atoms with Crippen molar-refractivity contribution in [1.29, 1.82) is 0 Å². The number of aliphatic hydroxyl groups is 1. The van der Waals surface area contributed by atoms with Crippen molar-refractivity contribution >= 4 is 17.6 Å². The van der Waals surface area contributed by atoms with Crippen molar-refractivity contribution in [3.8, 4) is 11.8 Å². The molecule has 0 saturated heterocycles. The highest BCUT2D eigenvalue weighted by atomic mass is 16.3. The molecule has 0 aliphatic heterocycles. The Kier molecular flexibility index (Phi) is 6.31. The lowest BCUT2D eigenvalue weighted by Gasteiger charge is -2.25. The molecular weight excluding hydrogens is 336 g/mol. The number of carbonyl (C=O) groups is 3. The van der Waals surface area contributed by atoms with Gasteiger partial charge in [0.2, 0.25) is 5.91 Å². The van der Waals surface area contributed by atoms with E-state index < -0.39 is 30.2 Å². The molecule has 1 heterocycles. The SMILES string of the molecule is CNC(=O)C(C(=O)CO)N(C)C(=O)c1ccc(C#Cc2ccoc2)cc1. The number of amides is 2. The Hall–Kier alpha value is -3.37. The van der Waals surface area contributed by atoms with Crippen molar-refractivity contribution in [1.82, 2.24) is 10.2 Å². The van der Waals surface area contributed by atoms with E-state index in [0.717, 1.165) is 10.5 Å². The molecule has 2 amide bonds. The minimum atomic E-state index is -1.39. The quantitative estimate of drug-likeness (QED) is 0.599. The third-order valence-electron chi connectivity index (χ3n) is 3.67. The number of hydrogen-bond acceptors (Lipinski definition) is 5. The predicted octanol–water partition coefficient (Wildman–Crippen LogP) is 0.427. The number of rotatable bonds is 5. The van der Waals surface area contributed by atoms with Crippen molar-refractivity contribution in [3.05, 3.63) is 59.5 Å². The van der Waals surface area contributed by atoms with Gasteiger partial charge in [-0.25, -0.2) is 0 Å². The molecule has 1 atom stereocenters. The van der Waals surface area contributed by atoms with Gasteiger partial charge in [0.25, 0.3) is 5.91 Å². The van der Waals surface area contributed by atoms with E-state index in [2.05, 4.69) is 17.2 Å². The van der Waals surface area contributed by atoms with Crippen molar-refractivity contribution in [2.45, 2.75) is 6.04 Å². The summed E-state index contributed by atoms with van der Waals surface area (Å²) < 4.78 is 4.93. The van der Waals surface area contributed by atoms with Gasteiger partial charge in [-0.15, -0.1) is 0 Å². The van der Waals surface area contributed by atoms with Crippen LogP contribution >= 0.6 is 0 Å². The van der Waals surface area contributed by atoms with E-state index in [1.807, 2.05) is 0 Å². The molecule has 2 aromatic rings. The first-order valence-electron chi connectivity index (χ1n) is 7.74. The maximum absolute atomic E-state index is 12.5. The summed E-state index contributed by atoms with van der Waals surface area (Å²) in [6.07, 6.45) is 3.05. The third kappa shape index (κ3) is 4.37. The number of ketones is 1. The largest absolute Gasteiger partial charge is 0.471 e. The lowest BCUT2D eigenvalue weighted by molar-refractivity contribution is -0.135. The summed E-state index contributed by atoms with van der Waals surface area (Å²) in [5.41, 5.74) is 1.72. The highest BCUT2D eigenvalue weighted by Crippen LogP contribution is 2.10. The fraction of sp³-hybridized carbons (Fsp3) is 0.211. The molecule has 1 aromatic heterocycles. The summed E-state index contributed by atoms with van der Waals surface area (Å²) in [4.78, 5) is 37.2. The van der Waals surface area contributed by atoms with Crippen molar-refractivity contribution in [2.24, 2.45) is 0 Å². The molecule has 0 spiro atoms. The zero-order valence-electron chi connectivity index (χ0n) is 14.4. The number of carbonyl (C=O) groups excluding carboxylic acids is 3. The van der Waals surface area contributed by atoms with E-state index in [1.54, 1.807) is 30.3 Å². The van der Waals surface area contributed by atoms with Crippen LogP contribution in [0.15, 0.2) is 47.3 Å². The molecular formula is C19H18N2O5. The van der Waals surface area contributed by atoms with E-state index in [9.17, 15) is 14.4 Å². The smallest absolute Gasteiger partial charge is 0.254 e. The van der Waals surface area contributed by atoms with Crippen molar-refractivity contribution < 1.29 is 23.9 Å². The van der Waals surface area contributed by atoms with Gasteiger partial charge in [-0.3, -0.25) is 14.4 Å². The van der Waals surface area contributed by atoms with E-state index in [0.29, 0.717) is 11.1 Å². The van der Waals surface area contributed by atoms with E-state index in [-0.39, 0.29) is 0 Å². The number of likely N-dealkylation sites (N-methyl/N-ethyl adjacent to an activating group) is 2. The Balaban J connectivity index is 2.17. The number of benzene rings is 1. The molecule has 0 bridgehead atoms. The van der Waals surface area contributed by atoms with Crippen LogP contribution in [0.5, 0.6) is 0 Å². The maximum atomic E-state index is 12.5. The first-order chi connectivity index (χ1) is 12.5. The number of furan rings is 1. The molecule has 0 aliphatic rings. The summed E-state index contributed by atoms with van der Waals surface area (Å²) in [5, 5.41) is 11.4. The van der Waals surface area contributed by atoms with Crippen LogP contribution in [0.3, 0.4) is 0 Å². The number of Topliss-reactive ketones (excluding diaryl/α,β-unsaturated/α-hetero) is 1. The van der Waals surface area contributed by atoms with Crippen LogP contribution in [0, 0.1) is 11.8 Å². The van der Waals surface area contributed by atoms with Crippen LogP contribution in [0.1, 0.15) is 21.5 Å². The molecule has 0 radical (unpaired) electrons. The van der Waals surface area contributed by atoms with E-state index in [1.165, 1.54) is 26.6 Å². The topological polar surface area (TPSA) is 99.9 Å². The molecule has 0 saturated carbocycles. The fourth-order valence-corrected chi connectivity index (χ4v) is 2.26. The van der Waals surface area contributed by atoms with Crippen LogP contribution in [-0.4, -0.2) is 54.3 Å². The summed E-state index contributed by atoms with van der Waals surface area (Å²) in [6, 6.07) is 6.79. The molecule has 1 unspecified atom stereocenters. The molecule has 2 N–H and O–H groups in total. The summed E-state index contributed by atoms with van der Waals surface area (Å²) in [6.45, 7) is -0.835. The second-order valence-electron chi connectivity index (χ2n) is 5.40. The zero-order chi connectivity index (χ0) is 19.1. The Morgan fingerprint density at radius 1 is 1.15 bits per heavy atom. The highest BCUT2D eigenvalue weighted by Gasteiger charge is 2.32. The second-order valence-corrected chi connectivity index (χ2v) is 5.40. The summed E-state index contributed by atoms with van der Waals surface area (Å²) >= 11 is 0. The Bertz CT molecular complexity index is 828. The number of nitrogens with zero attached hydrogens (tertiary/aromatic N) is 1. The number of hydrogen-bond donors (Lipinski definition) is 2. The average molecular weight is 354 g/mol. The molecule has 7 heteroatoms. The normalized spacial score (nSPS) is 11.0. The minimum Gasteiger partial charge on any atom is -0.471 e. The van der Waals surface area contributed by atoms with Gasteiger partial charge in [-0.05, 0) is 30.3 Å². The van der Waals surface area contributed by atoms with Gasteiger partial charge in [0.1, 0.15) is 12.9 Å². The van der Waals surface area contributed by atoms with Crippen molar-refractivity contribution in [2.75, 3.05) is 20.7 Å². The standard InChI is InChI=1S/C19H18N2O5/c1-20-18(24)17(16(23)11-22)21(2)19(25)15-7-5-13(6-8-15)3-4-14-9-10-26-12-14/h5-10,12,17,22H,11H2,1-2H3,(H,20,24). The highest BCUT2D eigenvalue weighted by molar-refractivity contribution is 6.10. The van der Waals surface area contributed by atoms with Crippen molar-refractivity contribution in [3.63, 3.8) is 0 Å². The monoisotopic (exact) mass is 354 g/mol. The lowest BCUT2D eigenvalue weighted by Crippen LogP contribution is -2.52. The van der Waals surface area contributed by atoms with E-state index in [4.69, 9.17) is 9.52 Å². The van der Waals surface area contributed by atoms with Gasteiger partial charge < -0.3 is 19.7 Å². The van der Waals surface area contributed by atoms with Crippen LogP contribution < -0.4 is 5.32 Å². The van der Waals surface area contributed by atoms with Gasteiger partial charge in [-0.2, -0.15) is 0 Å². The molecule has 7 nitrogen and oxygen atoms in total. The molecule has 26 heavy (non-hydrogen) atoms. The molecule has 0 aliphatic carbocycles. The lowest BCUT2D eigenvalue weighted by atomic mass is 10.1.